The summed E-state index contributed by atoms with van der Waals surface area (Å²) in [5.41, 5.74) is -1.96. The molecule has 0 radical (unpaired) electrons. The highest BCUT2D eigenvalue weighted by Crippen LogP contribution is 2.37. The Bertz CT molecular complexity index is 861. The number of ether oxygens (including phenoxy) is 1. The van der Waals surface area contributed by atoms with Gasteiger partial charge in [0, 0.05) is 19.5 Å². The van der Waals surface area contributed by atoms with Gasteiger partial charge in [-0.15, -0.1) is 0 Å². The molecular formula is C11H10F4N4O3S. The van der Waals surface area contributed by atoms with E-state index < -0.39 is 39.2 Å². The monoisotopic (exact) mass is 354 g/mol. The molecule has 0 bridgehead atoms. The van der Waals surface area contributed by atoms with Gasteiger partial charge in [-0.05, 0) is 0 Å². The number of alkyl halides is 3. The van der Waals surface area contributed by atoms with Gasteiger partial charge in [0.15, 0.2) is 11.4 Å². The van der Waals surface area contributed by atoms with E-state index in [1.54, 1.807) is 0 Å². The Balaban J connectivity index is 2.65. The number of rotatable bonds is 3. The highest BCUT2D eigenvalue weighted by molar-refractivity contribution is 7.90. The number of halogens is 4. The van der Waals surface area contributed by atoms with Gasteiger partial charge in [0.2, 0.25) is 26.8 Å². The van der Waals surface area contributed by atoms with Crippen LogP contribution in [0.5, 0.6) is 5.88 Å². The largest absolute Gasteiger partial charge is 0.480 e. The minimum atomic E-state index is -5.05. The molecule has 0 aliphatic rings. The van der Waals surface area contributed by atoms with Crippen molar-refractivity contribution in [1.29, 1.82) is 0 Å². The lowest BCUT2D eigenvalue weighted by molar-refractivity contribution is -0.142. The predicted molar refractivity (Wildman–Crippen MR) is 68.9 cm³/mol. The lowest BCUT2D eigenvalue weighted by Crippen LogP contribution is -2.14. The summed E-state index contributed by atoms with van der Waals surface area (Å²) in [4.78, 5) is 10.3. The average Bonchev–Trinajstić information content (AvgIpc) is 2.78. The molecule has 0 aliphatic heterocycles. The molecule has 2 aromatic heterocycles. The summed E-state index contributed by atoms with van der Waals surface area (Å²) in [5, 5.41) is -0.365. The molecule has 126 valence electrons. The number of hydrogen-bond acceptors (Lipinski definition) is 6. The number of aromatic nitrogens is 4. The Morgan fingerprint density at radius 2 is 1.83 bits per heavy atom. The first-order chi connectivity index (χ1) is 10.4. The van der Waals surface area contributed by atoms with Crippen molar-refractivity contribution < 1.29 is 30.7 Å². The van der Waals surface area contributed by atoms with Gasteiger partial charge in [-0.25, -0.2) is 13.4 Å². The normalized spacial score (nSPS) is 12.5. The number of nitrogens with zero attached hydrogens (tertiary/aromatic N) is 4. The van der Waals surface area contributed by atoms with Crippen LogP contribution in [0.15, 0.2) is 11.4 Å². The number of methoxy groups -OCH3 is 1. The lowest BCUT2D eigenvalue weighted by Gasteiger charge is -2.11. The van der Waals surface area contributed by atoms with Crippen LogP contribution >= 0.6 is 0 Å². The van der Waals surface area contributed by atoms with Crippen LogP contribution in [-0.4, -0.2) is 41.3 Å². The third-order valence-electron chi connectivity index (χ3n) is 2.70. The maximum Gasteiger partial charge on any atom is 0.426 e. The summed E-state index contributed by atoms with van der Waals surface area (Å²) in [7, 11) is -1.44. The van der Waals surface area contributed by atoms with Crippen LogP contribution in [0.4, 0.5) is 17.6 Å². The van der Waals surface area contributed by atoms with Crippen LogP contribution in [-0.2, 0) is 23.1 Å². The summed E-state index contributed by atoms with van der Waals surface area (Å²) in [6.07, 6.45) is -3.00. The number of imidazole rings is 1. The highest BCUT2D eigenvalue weighted by Gasteiger charge is 2.40. The molecule has 0 N–H and O–H groups in total. The maximum atomic E-state index is 13.7. The maximum absolute atomic E-state index is 13.7. The Morgan fingerprint density at radius 1 is 1.22 bits per heavy atom. The molecule has 23 heavy (non-hydrogen) atoms. The fourth-order valence-corrected chi connectivity index (χ4v) is 2.66. The highest BCUT2D eigenvalue weighted by atomic mass is 32.2. The molecule has 0 atom stereocenters. The third kappa shape index (κ3) is 3.25. The lowest BCUT2D eigenvalue weighted by atomic mass is 10.3. The van der Waals surface area contributed by atoms with Crippen LogP contribution < -0.4 is 4.74 Å². The minimum absolute atomic E-state index is 0.209. The van der Waals surface area contributed by atoms with Gasteiger partial charge < -0.3 is 9.30 Å². The molecule has 7 nitrogen and oxygen atoms in total. The summed E-state index contributed by atoms with van der Waals surface area (Å²) in [6.45, 7) is 0. The van der Waals surface area contributed by atoms with Gasteiger partial charge in [-0.1, -0.05) is 0 Å². The van der Waals surface area contributed by atoms with Crippen LogP contribution in [0.25, 0.3) is 11.5 Å². The molecule has 2 aromatic rings. The van der Waals surface area contributed by atoms with Crippen molar-refractivity contribution in [2.24, 2.45) is 7.05 Å². The Hall–Kier alpha value is -2.24. The van der Waals surface area contributed by atoms with Gasteiger partial charge in [-0.3, -0.25) is 0 Å². The standard InChI is InChI=1S/C11H10F4N4O3S/c1-19-4-5(16-10(19)23(3,20)21)8-17-7(12)6(11(13,14)15)9(18-8)22-2/h4H,1-3H3. The molecule has 0 aromatic carbocycles. The zero-order valence-electron chi connectivity index (χ0n) is 12.0. The zero-order chi connectivity index (χ0) is 17.6. The summed E-state index contributed by atoms with van der Waals surface area (Å²) < 4.78 is 80.6. The fourth-order valence-electron chi connectivity index (χ4n) is 1.82. The van der Waals surface area contributed by atoms with E-state index >= 15 is 0 Å². The second-order valence-electron chi connectivity index (χ2n) is 4.51. The van der Waals surface area contributed by atoms with Crippen LogP contribution in [0.1, 0.15) is 5.56 Å². The number of sulfone groups is 1. The number of aryl methyl sites for hydroxylation is 1. The molecule has 0 saturated heterocycles. The Kier molecular flexibility index (Phi) is 4.05. The Labute approximate surface area is 127 Å². The van der Waals surface area contributed by atoms with Crippen molar-refractivity contribution in [1.82, 2.24) is 19.5 Å². The van der Waals surface area contributed by atoms with Crippen molar-refractivity contribution in [3.63, 3.8) is 0 Å². The summed E-state index contributed by atoms with van der Waals surface area (Å²) in [5.74, 6) is -3.39. The first kappa shape index (κ1) is 17.1. The zero-order valence-corrected chi connectivity index (χ0v) is 12.8. The van der Waals surface area contributed by atoms with E-state index in [0.717, 1.165) is 24.1 Å². The van der Waals surface area contributed by atoms with Crippen molar-refractivity contribution in [3.8, 4) is 17.4 Å². The van der Waals surface area contributed by atoms with E-state index in [1.165, 1.54) is 7.05 Å². The van der Waals surface area contributed by atoms with Gasteiger partial charge >= 0.3 is 6.18 Å². The smallest absolute Gasteiger partial charge is 0.426 e. The quantitative estimate of drug-likeness (QED) is 0.612. The average molecular weight is 354 g/mol. The topological polar surface area (TPSA) is 87.0 Å². The van der Waals surface area contributed by atoms with E-state index in [2.05, 4.69) is 19.7 Å². The fraction of sp³-hybridized carbons (Fsp3) is 0.364. The van der Waals surface area contributed by atoms with E-state index in [4.69, 9.17) is 0 Å². The molecule has 0 saturated carbocycles. The van der Waals surface area contributed by atoms with Gasteiger partial charge in [0.1, 0.15) is 5.69 Å². The van der Waals surface area contributed by atoms with Crippen molar-refractivity contribution in [2.45, 2.75) is 11.3 Å². The van der Waals surface area contributed by atoms with E-state index in [0.29, 0.717) is 0 Å². The van der Waals surface area contributed by atoms with Crippen LogP contribution in [0.2, 0.25) is 0 Å². The second-order valence-corrected chi connectivity index (χ2v) is 6.42. The minimum Gasteiger partial charge on any atom is -0.480 e. The first-order valence-corrected chi connectivity index (χ1v) is 7.76. The Morgan fingerprint density at radius 3 is 2.26 bits per heavy atom. The van der Waals surface area contributed by atoms with E-state index in [9.17, 15) is 26.0 Å². The molecule has 0 amide bonds. The summed E-state index contributed by atoms with van der Waals surface area (Å²) >= 11 is 0. The van der Waals surface area contributed by atoms with Crippen molar-refractivity contribution in [3.05, 3.63) is 17.7 Å². The SMILES string of the molecule is COc1nc(-c2cn(C)c(S(C)(=O)=O)n2)nc(F)c1C(F)(F)F. The molecule has 0 aliphatic carbocycles. The summed E-state index contributed by atoms with van der Waals surface area (Å²) in [6, 6.07) is 0. The van der Waals surface area contributed by atoms with Crippen LogP contribution in [0.3, 0.4) is 0 Å². The molecule has 2 heterocycles. The van der Waals surface area contributed by atoms with Gasteiger partial charge in [0.25, 0.3) is 0 Å². The van der Waals surface area contributed by atoms with E-state index in [1.807, 2.05) is 0 Å². The van der Waals surface area contributed by atoms with Gasteiger partial charge in [0.05, 0.1) is 7.11 Å². The third-order valence-corrected chi connectivity index (χ3v) is 3.75. The van der Waals surface area contributed by atoms with Gasteiger partial charge in [-0.2, -0.15) is 27.5 Å². The van der Waals surface area contributed by atoms with E-state index in [-0.39, 0.29) is 10.9 Å². The number of hydrogen-bond donors (Lipinski definition) is 0. The van der Waals surface area contributed by atoms with Crippen LogP contribution in [0, 0.1) is 5.95 Å². The van der Waals surface area contributed by atoms with Crippen molar-refractivity contribution in [2.75, 3.05) is 13.4 Å². The predicted octanol–water partition coefficient (Wildman–Crippen LogP) is 1.45. The second kappa shape index (κ2) is 5.44. The molecule has 0 unspecified atom stereocenters. The molecule has 0 spiro atoms. The molecular weight excluding hydrogens is 344 g/mol. The molecule has 2 rings (SSSR count). The van der Waals surface area contributed by atoms with Crippen molar-refractivity contribution >= 4 is 9.84 Å². The molecule has 12 heteroatoms. The first-order valence-electron chi connectivity index (χ1n) is 5.87. The molecule has 0 fully saturated rings.